The number of imidazole rings is 1. The Morgan fingerprint density at radius 1 is 1.09 bits per heavy atom. The van der Waals surface area contributed by atoms with Gasteiger partial charge in [-0.2, -0.15) is 0 Å². The number of sulfone groups is 1. The minimum atomic E-state index is -3.22. The van der Waals surface area contributed by atoms with Gasteiger partial charge in [0.05, 0.1) is 15.9 Å². The molecule has 23 heavy (non-hydrogen) atoms. The van der Waals surface area contributed by atoms with Gasteiger partial charge in [-0.3, -0.25) is 4.79 Å². The summed E-state index contributed by atoms with van der Waals surface area (Å²) in [7, 11) is -3.22. The first-order valence-electron chi connectivity index (χ1n) is 7.28. The lowest BCUT2D eigenvalue weighted by Gasteiger charge is -2.15. The number of rotatable bonds is 2. The van der Waals surface area contributed by atoms with Gasteiger partial charge in [-0.25, -0.2) is 13.4 Å². The highest BCUT2D eigenvalue weighted by Gasteiger charge is 2.23. The van der Waals surface area contributed by atoms with Gasteiger partial charge in [0.15, 0.2) is 15.6 Å². The molecule has 3 aromatic rings. The first-order valence-corrected chi connectivity index (χ1v) is 9.17. The summed E-state index contributed by atoms with van der Waals surface area (Å²) in [6.45, 7) is 0.593. The van der Waals surface area contributed by atoms with Crippen molar-refractivity contribution in [3.05, 3.63) is 48.0 Å². The molecular weight excluding hydrogens is 312 g/mol. The fourth-order valence-electron chi connectivity index (χ4n) is 3.05. The molecule has 1 aromatic heterocycles. The van der Waals surface area contributed by atoms with Crippen LogP contribution in [-0.4, -0.2) is 30.0 Å². The zero-order valence-electron chi connectivity index (χ0n) is 12.5. The first-order chi connectivity index (χ1) is 10.9. The van der Waals surface area contributed by atoms with Crippen LogP contribution in [0.3, 0.4) is 0 Å². The summed E-state index contributed by atoms with van der Waals surface area (Å²) in [5, 5.41) is 0. The van der Waals surface area contributed by atoms with Crippen molar-refractivity contribution in [2.45, 2.75) is 17.9 Å². The number of ketones is 1. The quantitative estimate of drug-likeness (QED) is 0.726. The molecule has 2 aromatic carbocycles. The number of hydrogen-bond acceptors (Lipinski definition) is 4. The Bertz CT molecular complexity index is 1050. The van der Waals surface area contributed by atoms with E-state index in [4.69, 9.17) is 0 Å². The number of carbonyl (C=O) groups excluding carboxylic acids is 1. The van der Waals surface area contributed by atoms with Crippen LogP contribution in [0.4, 0.5) is 0 Å². The van der Waals surface area contributed by atoms with E-state index in [0.29, 0.717) is 18.5 Å². The molecule has 0 amide bonds. The van der Waals surface area contributed by atoms with Gasteiger partial charge in [0.1, 0.15) is 5.82 Å². The Morgan fingerprint density at radius 2 is 1.83 bits per heavy atom. The molecule has 0 aliphatic carbocycles. The fraction of sp³-hybridized carbons (Fsp3) is 0.176. The smallest absolute Gasteiger partial charge is 0.175 e. The number of nitrogens with zero attached hydrogens (tertiary/aromatic N) is 2. The van der Waals surface area contributed by atoms with Crippen molar-refractivity contribution in [3.63, 3.8) is 0 Å². The minimum absolute atomic E-state index is 0.141. The Kier molecular flexibility index (Phi) is 2.93. The van der Waals surface area contributed by atoms with Crippen molar-refractivity contribution in [2.24, 2.45) is 0 Å². The fourth-order valence-corrected chi connectivity index (χ4v) is 3.68. The number of benzene rings is 2. The average molecular weight is 326 g/mol. The van der Waals surface area contributed by atoms with Crippen LogP contribution in [0.25, 0.3) is 22.4 Å². The highest BCUT2D eigenvalue weighted by Crippen LogP contribution is 2.31. The lowest BCUT2D eigenvalue weighted by molar-refractivity contribution is 0.0973. The van der Waals surface area contributed by atoms with Crippen LogP contribution < -0.4 is 0 Å². The maximum absolute atomic E-state index is 12.1. The molecule has 0 saturated heterocycles. The summed E-state index contributed by atoms with van der Waals surface area (Å²) < 4.78 is 25.2. The Balaban J connectivity index is 1.92. The van der Waals surface area contributed by atoms with Crippen molar-refractivity contribution in [2.75, 3.05) is 6.26 Å². The van der Waals surface area contributed by atoms with E-state index in [-0.39, 0.29) is 10.7 Å². The molecule has 0 spiro atoms. The van der Waals surface area contributed by atoms with E-state index < -0.39 is 9.84 Å². The number of para-hydroxylation sites is 1. The van der Waals surface area contributed by atoms with Crippen molar-refractivity contribution < 1.29 is 13.2 Å². The van der Waals surface area contributed by atoms with E-state index in [1.165, 1.54) is 6.26 Å². The molecule has 0 atom stereocenters. The minimum Gasteiger partial charge on any atom is -0.323 e. The topological polar surface area (TPSA) is 69.0 Å². The van der Waals surface area contributed by atoms with Crippen LogP contribution in [0.1, 0.15) is 16.8 Å². The number of carbonyl (C=O) groups is 1. The van der Waals surface area contributed by atoms with E-state index in [9.17, 15) is 13.2 Å². The maximum Gasteiger partial charge on any atom is 0.175 e. The Morgan fingerprint density at radius 3 is 2.52 bits per heavy atom. The monoisotopic (exact) mass is 326 g/mol. The molecule has 0 saturated carbocycles. The number of aryl methyl sites for hydroxylation is 1. The van der Waals surface area contributed by atoms with E-state index in [0.717, 1.165) is 22.4 Å². The third kappa shape index (κ3) is 2.17. The van der Waals surface area contributed by atoms with E-state index in [2.05, 4.69) is 4.98 Å². The molecule has 2 heterocycles. The van der Waals surface area contributed by atoms with E-state index >= 15 is 0 Å². The molecule has 0 unspecified atom stereocenters. The molecule has 1 aliphatic rings. The first kappa shape index (κ1) is 14.1. The standard InChI is InChI=1S/C17H14N2O3S/c1-23(21,22)12-7-5-11(6-8-12)17-18-14-4-2-3-13-15(20)9-10-19(17)16(13)14/h2-8H,9-10H2,1H3. The van der Waals surface area contributed by atoms with E-state index in [1.54, 1.807) is 24.3 Å². The van der Waals surface area contributed by atoms with Crippen LogP contribution >= 0.6 is 0 Å². The summed E-state index contributed by atoms with van der Waals surface area (Å²) in [4.78, 5) is 17.0. The van der Waals surface area contributed by atoms with Crippen molar-refractivity contribution >= 4 is 26.7 Å². The summed E-state index contributed by atoms with van der Waals surface area (Å²) in [6.07, 6.45) is 1.64. The largest absolute Gasteiger partial charge is 0.323 e. The van der Waals surface area contributed by atoms with Gasteiger partial charge in [0, 0.05) is 30.3 Å². The number of aromatic nitrogens is 2. The Hall–Kier alpha value is -2.47. The normalized spacial score (nSPS) is 14.4. The lowest BCUT2D eigenvalue weighted by atomic mass is 10.0. The second-order valence-electron chi connectivity index (χ2n) is 5.73. The van der Waals surface area contributed by atoms with Crippen molar-refractivity contribution in [1.29, 1.82) is 0 Å². The molecule has 0 N–H and O–H groups in total. The maximum atomic E-state index is 12.1. The molecule has 0 radical (unpaired) electrons. The van der Waals surface area contributed by atoms with Gasteiger partial charge < -0.3 is 4.57 Å². The van der Waals surface area contributed by atoms with Crippen LogP contribution in [0, 0.1) is 0 Å². The molecular formula is C17H14N2O3S. The third-order valence-corrected chi connectivity index (χ3v) is 5.30. The third-order valence-electron chi connectivity index (χ3n) is 4.17. The number of Topliss-reactive ketones (excluding diaryl/α,β-unsaturated/α-hetero) is 1. The summed E-state index contributed by atoms with van der Waals surface area (Å²) in [6, 6.07) is 12.3. The zero-order valence-corrected chi connectivity index (χ0v) is 13.3. The molecule has 116 valence electrons. The van der Waals surface area contributed by atoms with Crippen LogP contribution in [0.5, 0.6) is 0 Å². The molecule has 0 bridgehead atoms. The molecule has 1 aliphatic heterocycles. The zero-order chi connectivity index (χ0) is 16.2. The Labute approximate surface area is 133 Å². The average Bonchev–Trinajstić information content (AvgIpc) is 2.90. The summed E-state index contributed by atoms with van der Waals surface area (Å²) in [5.74, 6) is 0.905. The van der Waals surface area contributed by atoms with Crippen LogP contribution in [0.2, 0.25) is 0 Å². The SMILES string of the molecule is CS(=O)(=O)c1ccc(-c2nc3cccc4c3n2CCC4=O)cc1. The van der Waals surface area contributed by atoms with E-state index in [1.807, 2.05) is 22.8 Å². The van der Waals surface area contributed by atoms with Gasteiger partial charge >= 0.3 is 0 Å². The van der Waals surface area contributed by atoms with Gasteiger partial charge in [0.2, 0.25) is 0 Å². The second-order valence-corrected chi connectivity index (χ2v) is 7.75. The molecule has 0 fully saturated rings. The van der Waals surface area contributed by atoms with Crippen molar-refractivity contribution in [3.8, 4) is 11.4 Å². The molecule has 6 heteroatoms. The van der Waals surface area contributed by atoms with Gasteiger partial charge in [-0.1, -0.05) is 6.07 Å². The van der Waals surface area contributed by atoms with Crippen LogP contribution in [0.15, 0.2) is 47.4 Å². The second kappa shape index (κ2) is 4.76. The molecule has 4 rings (SSSR count). The highest BCUT2D eigenvalue weighted by molar-refractivity contribution is 7.90. The van der Waals surface area contributed by atoms with Gasteiger partial charge in [0.25, 0.3) is 0 Å². The summed E-state index contributed by atoms with van der Waals surface area (Å²) in [5.41, 5.74) is 3.21. The predicted molar refractivity (Wildman–Crippen MR) is 87.2 cm³/mol. The van der Waals surface area contributed by atoms with Gasteiger partial charge in [-0.15, -0.1) is 0 Å². The van der Waals surface area contributed by atoms with Crippen molar-refractivity contribution in [1.82, 2.24) is 9.55 Å². The number of hydrogen-bond donors (Lipinski definition) is 0. The molecule has 5 nitrogen and oxygen atoms in total. The lowest BCUT2D eigenvalue weighted by Crippen LogP contribution is -2.14. The van der Waals surface area contributed by atoms with Gasteiger partial charge in [-0.05, 0) is 36.4 Å². The van der Waals surface area contributed by atoms with Crippen LogP contribution in [-0.2, 0) is 16.4 Å². The predicted octanol–water partition coefficient (Wildman–Crippen LogP) is 2.69. The summed E-state index contributed by atoms with van der Waals surface area (Å²) >= 11 is 0. The highest BCUT2D eigenvalue weighted by atomic mass is 32.2.